The Hall–Kier alpha value is -2.11. The highest BCUT2D eigenvalue weighted by Crippen LogP contribution is 2.25. The van der Waals surface area contributed by atoms with Crippen molar-refractivity contribution in [3.8, 4) is 10.8 Å². The summed E-state index contributed by atoms with van der Waals surface area (Å²) in [6, 6.07) is 11.2. The van der Waals surface area contributed by atoms with Gasteiger partial charge in [0.2, 0.25) is 5.91 Å². The molecule has 1 atom stereocenters. The van der Waals surface area contributed by atoms with Crippen LogP contribution >= 0.6 is 22.9 Å². The number of nitrogens with one attached hydrogen (secondary N) is 1. The largest absolute Gasteiger partial charge is 0.459 e. The molecule has 0 aliphatic heterocycles. The predicted octanol–water partition coefficient (Wildman–Crippen LogP) is 4.78. The van der Waals surface area contributed by atoms with Crippen LogP contribution < -0.4 is 5.32 Å². The van der Waals surface area contributed by atoms with Gasteiger partial charge < -0.3 is 9.73 Å². The minimum atomic E-state index is -0.109. The number of aromatic nitrogens is 1. The Bertz CT molecular complexity index is 856. The lowest BCUT2D eigenvalue weighted by atomic mass is 10.1. The summed E-state index contributed by atoms with van der Waals surface area (Å²) in [5, 5.41) is 6.30. The number of carbonyl (C=O) groups is 1. The predicted molar refractivity (Wildman–Crippen MR) is 96.3 cm³/mol. The maximum absolute atomic E-state index is 12.2. The van der Waals surface area contributed by atoms with E-state index in [9.17, 15) is 4.79 Å². The molecular formula is C18H17ClN2O2S. The molecule has 0 saturated carbocycles. The molecule has 0 bridgehead atoms. The minimum absolute atomic E-state index is 0.0741. The molecule has 0 aliphatic rings. The molecule has 1 aromatic carbocycles. The van der Waals surface area contributed by atoms with Gasteiger partial charge in [-0.05, 0) is 43.7 Å². The Kier molecular flexibility index (Phi) is 5.02. The van der Waals surface area contributed by atoms with Crippen molar-refractivity contribution < 1.29 is 9.21 Å². The number of carbonyl (C=O) groups excluding carboxylic acids is 1. The van der Waals surface area contributed by atoms with Crippen molar-refractivity contribution in [1.82, 2.24) is 10.3 Å². The number of rotatable bonds is 5. The van der Waals surface area contributed by atoms with Crippen LogP contribution in [0.1, 0.15) is 30.0 Å². The van der Waals surface area contributed by atoms with Gasteiger partial charge in [-0.25, -0.2) is 4.98 Å². The third kappa shape index (κ3) is 4.04. The van der Waals surface area contributed by atoms with E-state index < -0.39 is 0 Å². The number of benzene rings is 1. The van der Waals surface area contributed by atoms with E-state index in [2.05, 4.69) is 10.3 Å². The van der Waals surface area contributed by atoms with E-state index in [1.807, 2.05) is 55.6 Å². The van der Waals surface area contributed by atoms with Crippen molar-refractivity contribution in [2.75, 3.05) is 0 Å². The van der Waals surface area contributed by atoms with Gasteiger partial charge in [0.1, 0.15) is 5.76 Å². The monoisotopic (exact) mass is 360 g/mol. The molecule has 1 N–H and O–H groups in total. The normalized spacial score (nSPS) is 12.1. The number of hydrogen-bond acceptors (Lipinski definition) is 4. The SMILES string of the molecule is Cc1ccc(-c2nc(CC(=O)N[C@H](C)c3cccc(Cl)c3)cs2)o1. The topological polar surface area (TPSA) is 55.1 Å². The van der Waals surface area contributed by atoms with E-state index >= 15 is 0 Å². The van der Waals surface area contributed by atoms with E-state index in [1.54, 1.807) is 0 Å². The van der Waals surface area contributed by atoms with Crippen LogP contribution in [0.2, 0.25) is 5.02 Å². The van der Waals surface area contributed by atoms with E-state index in [-0.39, 0.29) is 18.4 Å². The van der Waals surface area contributed by atoms with Gasteiger partial charge in [-0.15, -0.1) is 11.3 Å². The molecule has 3 rings (SSSR count). The second kappa shape index (κ2) is 7.20. The average molecular weight is 361 g/mol. The molecule has 0 unspecified atom stereocenters. The molecule has 2 heterocycles. The first-order valence-electron chi connectivity index (χ1n) is 7.57. The highest BCUT2D eigenvalue weighted by atomic mass is 35.5. The summed E-state index contributed by atoms with van der Waals surface area (Å²) in [7, 11) is 0. The van der Waals surface area contributed by atoms with Crippen LogP contribution in [0.4, 0.5) is 0 Å². The molecular weight excluding hydrogens is 344 g/mol. The smallest absolute Gasteiger partial charge is 0.226 e. The maximum Gasteiger partial charge on any atom is 0.226 e. The fourth-order valence-electron chi connectivity index (χ4n) is 2.37. The van der Waals surface area contributed by atoms with Crippen LogP contribution in [0.25, 0.3) is 10.8 Å². The molecule has 0 spiro atoms. The Balaban J connectivity index is 1.62. The number of halogens is 1. The average Bonchev–Trinajstić information content (AvgIpc) is 3.16. The Morgan fingerprint density at radius 1 is 1.38 bits per heavy atom. The van der Waals surface area contributed by atoms with Gasteiger partial charge in [0.15, 0.2) is 10.8 Å². The van der Waals surface area contributed by atoms with Crippen LogP contribution in [-0.2, 0) is 11.2 Å². The Morgan fingerprint density at radius 3 is 2.92 bits per heavy atom. The molecule has 24 heavy (non-hydrogen) atoms. The molecule has 0 fully saturated rings. The summed E-state index contributed by atoms with van der Waals surface area (Å²) < 4.78 is 5.56. The number of thiazole rings is 1. The molecule has 124 valence electrons. The van der Waals surface area contributed by atoms with Crippen LogP contribution in [0.15, 0.2) is 46.2 Å². The molecule has 3 aromatic rings. The molecule has 0 radical (unpaired) electrons. The second-order valence-corrected chi connectivity index (χ2v) is 6.87. The number of hydrogen-bond donors (Lipinski definition) is 1. The lowest BCUT2D eigenvalue weighted by molar-refractivity contribution is -0.121. The zero-order valence-corrected chi connectivity index (χ0v) is 14.9. The first-order chi connectivity index (χ1) is 11.5. The zero-order valence-electron chi connectivity index (χ0n) is 13.4. The fourth-order valence-corrected chi connectivity index (χ4v) is 3.35. The maximum atomic E-state index is 12.2. The summed E-state index contributed by atoms with van der Waals surface area (Å²) >= 11 is 7.46. The van der Waals surface area contributed by atoms with Crippen LogP contribution in [0.5, 0.6) is 0 Å². The molecule has 4 nitrogen and oxygen atoms in total. The summed E-state index contributed by atoms with van der Waals surface area (Å²) in [6.45, 7) is 3.82. The summed E-state index contributed by atoms with van der Waals surface area (Å²) in [5.74, 6) is 1.50. The third-order valence-corrected chi connectivity index (χ3v) is 4.71. The Labute approximate surface area is 149 Å². The zero-order chi connectivity index (χ0) is 17.1. The van der Waals surface area contributed by atoms with E-state index in [4.69, 9.17) is 16.0 Å². The second-order valence-electron chi connectivity index (χ2n) is 5.58. The van der Waals surface area contributed by atoms with Crippen molar-refractivity contribution in [3.05, 3.63) is 63.8 Å². The highest BCUT2D eigenvalue weighted by Gasteiger charge is 2.14. The van der Waals surface area contributed by atoms with Crippen LogP contribution in [0, 0.1) is 6.92 Å². The van der Waals surface area contributed by atoms with E-state index in [1.165, 1.54) is 11.3 Å². The molecule has 2 aromatic heterocycles. The lowest BCUT2D eigenvalue weighted by Crippen LogP contribution is -2.28. The van der Waals surface area contributed by atoms with Crippen molar-refractivity contribution in [2.45, 2.75) is 26.3 Å². The minimum Gasteiger partial charge on any atom is -0.459 e. The molecule has 1 amide bonds. The quantitative estimate of drug-likeness (QED) is 0.712. The van der Waals surface area contributed by atoms with Gasteiger partial charge in [0, 0.05) is 10.4 Å². The first kappa shape index (κ1) is 16.7. The van der Waals surface area contributed by atoms with Crippen molar-refractivity contribution in [2.24, 2.45) is 0 Å². The van der Waals surface area contributed by atoms with Gasteiger partial charge in [-0.1, -0.05) is 23.7 Å². The first-order valence-corrected chi connectivity index (χ1v) is 8.83. The van der Waals surface area contributed by atoms with Crippen molar-refractivity contribution in [1.29, 1.82) is 0 Å². The number of aryl methyl sites for hydroxylation is 1. The molecule has 0 saturated heterocycles. The van der Waals surface area contributed by atoms with E-state index in [0.717, 1.165) is 27.8 Å². The van der Waals surface area contributed by atoms with Crippen LogP contribution in [0.3, 0.4) is 0 Å². The lowest BCUT2D eigenvalue weighted by Gasteiger charge is -2.14. The van der Waals surface area contributed by atoms with E-state index in [0.29, 0.717) is 5.02 Å². The van der Waals surface area contributed by atoms with Gasteiger partial charge >= 0.3 is 0 Å². The van der Waals surface area contributed by atoms with Gasteiger partial charge in [0.05, 0.1) is 18.2 Å². The Morgan fingerprint density at radius 2 is 2.21 bits per heavy atom. The number of nitrogens with zero attached hydrogens (tertiary/aromatic N) is 1. The number of furan rings is 1. The van der Waals surface area contributed by atoms with Crippen molar-refractivity contribution in [3.63, 3.8) is 0 Å². The van der Waals surface area contributed by atoms with Crippen LogP contribution in [-0.4, -0.2) is 10.9 Å². The summed E-state index contributed by atoms with van der Waals surface area (Å²) in [5.41, 5.74) is 1.71. The van der Waals surface area contributed by atoms with Gasteiger partial charge in [0.25, 0.3) is 0 Å². The standard InChI is InChI=1S/C18H17ClN2O2S/c1-11-6-7-16(23-11)18-21-15(10-24-18)9-17(22)20-12(2)13-4-3-5-14(19)8-13/h3-8,10,12H,9H2,1-2H3,(H,20,22)/t12-/m1/s1. The van der Waals surface area contributed by atoms with Gasteiger partial charge in [-0.2, -0.15) is 0 Å². The van der Waals surface area contributed by atoms with Gasteiger partial charge in [-0.3, -0.25) is 4.79 Å². The summed E-state index contributed by atoms with van der Waals surface area (Å²) in [6.07, 6.45) is 0.237. The highest BCUT2D eigenvalue weighted by molar-refractivity contribution is 7.13. The summed E-state index contributed by atoms with van der Waals surface area (Å²) in [4.78, 5) is 16.7. The number of amides is 1. The fraction of sp³-hybridized carbons (Fsp3) is 0.222. The third-order valence-electron chi connectivity index (χ3n) is 3.57. The van der Waals surface area contributed by atoms with Crippen molar-refractivity contribution >= 4 is 28.8 Å². The molecule has 0 aliphatic carbocycles. The molecule has 6 heteroatoms.